The molecule has 3 aromatic carbocycles. The highest BCUT2D eigenvalue weighted by molar-refractivity contribution is 6.21. The van der Waals surface area contributed by atoms with E-state index in [2.05, 4.69) is 5.32 Å². The molecule has 0 aromatic heterocycles. The van der Waals surface area contributed by atoms with E-state index in [1.807, 2.05) is 30.3 Å². The van der Waals surface area contributed by atoms with Crippen molar-refractivity contribution in [1.29, 1.82) is 0 Å². The van der Waals surface area contributed by atoms with Crippen LogP contribution in [0.2, 0.25) is 0 Å². The van der Waals surface area contributed by atoms with Crippen LogP contribution in [0.5, 0.6) is 11.5 Å². The Kier molecular flexibility index (Phi) is 6.68. The van der Waals surface area contributed by atoms with Gasteiger partial charge in [0.05, 0.1) is 17.5 Å². The summed E-state index contributed by atoms with van der Waals surface area (Å²) in [6.45, 7) is -0.184. The van der Waals surface area contributed by atoms with Crippen molar-refractivity contribution >= 4 is 29.4 Å². The first kappa shape index (κ1) is 22.7. The van der Waals surface area contributed by atoms with Crippen LogP contribution in [0.1, 0.15) is 39.1 Å². The van der Waals surface area contributed by atoms with E-state index in [1.165, 1.54) is 12.1 Å². The Balaban J connectivity index is 1.35. The van der Waals surface area contributed by atoms with Crippen LogP contribution in [0.3, 0.4) is 0 Å². The third kappa shape index (κ3) is 5.29. The topological polar surface area (TPSA) is 113 Å². The van der Waals surface area contributed by atoms with Crippen LogP contribution in [0.4, 0.5) is 5.69 Å². The van der Waals surface area contributed by atoms with E-state index in [0.29, 0.717) is 30.0 Å². The Labute approximate surface area is 195 Å². The van der Waals surface area contributed by atoms with E-state index >= 15 is 0 Å². The molecule has 3 aromatic rings. The number of nitrogens with zero attached hydrogens (tertiary/aromatic N) is 1. The van der Waals surface area contributed by atoms with Crippen LogP contribution >= 0.6 is 0 Å². The van der Waals surface area contributed by atoms with Crippen molar-refractivity contribution < 1.29 is 29.0 Å². The van der Waals surface area contributed by atoms with E-state index < -0.39 is 17.8 Å². The largest absolute Gasteiger partial charge is 0.481 e. The van der Waals surface area contributed by atoms with E-state index in [-0.39, 0.29) is 30.0 Å². The molecular weight excluding hydrogens is 436 g/mol. The number of nitrogens with one attached hydrogen (secondary N) is 1. The number of rotatable bonds is 9. The van der Waals surface area contributed by atoms with Crippen LogP contribution in [0.25, 0.3) is 0 Å². The quantitative estimate of drug-likeness (QED) is 0.467. The molecule has 0 bridgehead atoms. The highest BCUT2D eigenvalue weighted by Gasteiger charge is 2.35. The molecule has 8 heteroatoms. The molecule has 3 amide bonds. The minimum absolute atomic E-state index is 0.0909. The fourth-order valence-electron chi connectivity index (χ4n) is 3.61. The van der Waals surface area contributed by atoms with Gasteiger partial charge in [0.25, 0.3) is 11.8 Å². The summed E-state index contributed by atoms with van der Waals surface area (Å²) in [6, 6.07) is 21.1. The summed E-state index contributed by atoms with van der Waals surface area (Å²) in [7, 11) is 0. The van der Waals surface area contributed by atoms with Crippen molar-refractivity contribution in [3.05, 3.63) is 89.5 Å². The molecule has 34 heavy (non-hydrogen) atoms. The molecule has 0 saturated heterocycles. The zero-order chi connectivity index (χ0) is 24.1. The first-order valence-electron chi connectivity index (χ1n) is 10.7. The van der Waals surface area contributed by atoms with Gasteiger partial charge in [0.1, 0.15) is 11.5 Å². The number of carbonyl (C=O) groups is 4. The Morgan fingerprint density at radius 3 is 2.21 bits per heavy atom. The highest BCUT2D eigenvalue weighted by Crippen LogP contribution is 2.30. The van der Waals surface area contributed by atoms with Gasteiger partial charge in [-0.05, 0) is 54.4 Å². The predicted octanol–water partition coefficient (Wildman–Crippen LogP) is 4.12. The number of imide groups is 1. The number of hydrogen-bond acceptors (Lipinski definition) is 5. The molecule has 1 aliphatic rings. The summed E-state index contributed by atoms with van der Waals surface area (Å²) in [5.41, 5.74) is 2.13. The lowest BCUT2D eigenvalue weighted by molar-refractivity contribution is -0.137. The van der Waals surface area contributed by atoms with Gasteiger partial charge in [-0.2, -0.15) is 0 Å². The van der Waals surface area contributed by atoms with Crippen molar-refractivity contribution in [3.63, 3.8) is 0 Å². The Hall–Kier alpha value is -4.46. The number of carbonyl (C=O) groups excluding carboxylic acids is 3. The lowest BCUT2D eigenvalue weighted by Crippen LogP contribution is -2.31. The molecule has 0 fully saturated rings. The Morgan fingerprint density at radius 1 is 0.824 bits per heavy atom. The molecule has 8 nitrogen and oxygen atoms in total. The maximum absolute atomic E-state index is 12.5. The molecule has 1 aliphatic heterocycles. The van der Waals surface area contributed by atoms with E-state index in [9.17, 15) is 19.2 Å². The minimum Gasteiger partial charge on any atom is -0.481 e. The summed E-state index contributed by atoms with van der Waals surface area (Å²) in [5.74, 6) is -1.38. The third-order valence-electron chi connectivity index (χ3n) is 5.35. The number of ether oxygens (including phenoxy) is 1. The second-order valence-corrected chi connectivity index (χ2v) is 7.77. The van der Waals surface area contributed by atoms with Gasteiger partial charge in [-0.1, -0.05) is 30.3 Å². The number of benzene rings is 3. The maximum Gasteiger partial charge on any atom is 0.305 e. The van der Waals surface area contributed by atoms with Gasteiger partial charge in [0.2, 0.25) is 5.91 Å². The van der Waals surface area contributed by atoms with Crippen molar-refractivity contribution in [3.8, 4) is 11.5 Å². The molecule has 2 N–H and O–H groups in total. The smallest absolute Gasteiger partial charge is 0.305 e. The Bertz CT molecular complexity index is 1240. The number of aryl methyl sites for hydroxylation is 1. The molecule has 172 valence electrons. The lowest BCUT2D eigenvalue weighted by atomic mass is 10.1. The number of hydrogen-bond donors (Lipinski definition) is 2. The van der Waals surface area contributed by atoms with Gasteiger partial charge in [-0.3, -0.25) is 24.1 Å². The van der Waals surface area contributed by atoms with Gasteiger partial charge < -0.3 is 15.2 Å². The molecule has 4 rings (SSSR count). The van der Waals surface area contributed by atoms with Crippen molar-refractivity contribution in [2.45, 2.75) is 19.3 Å². The molecule has 0 radical (unpaired) electrons. The zero-order valence-corrected chi connectivity index (χ0v) is 18.2. The SMILES string of the molecule is O=C(O)CCN1C(=O)c2ccc(Oc3ccc(NC(=O)CCc4ccccc4)cc3)cc2C1=O. The van der Waals surface area contributed by atoms with E-state index in [4.69, 9.17) is 9.84 Å². The lowest BCUT2D eigenvalue weighted by Gasteiger charge is -2.11. The fourth-order valence-corrected chi connectivity index (χ4v) is 3.61. The number of fused-ring (bicyclic) bond motifs is 1. The summed E-state index contributed by atoms with van der Waals surface area (Å²) < 4.78 is 5.80. The Morgan fingerprint density at radius 2 is 1.50 bits per heavy atom. The minimum atomic E-state index is -1.09. The summed E-state index contributed by atoms with van der Waals surface area (Å²) >= 11 is 0. The maximum atomic E-state index is 12.5. The van der Waals surface area contributed by atoms with Gasteiger partial charge >= 0.3 is 5.97 Å². The number of aliphatic carboxylic acids is 1. The molecule has 0 saturated carbocycles. The van der Waals surface area contributed by atoms with Crippen LogP contribution in [0.15, 0.2) is 72.8 Å². The monoisotopic (exact) mass is 458 g/mol. The number of amides is 3. The van der Waals surface area contributed by atoms with Crippen molar-refractivity contribution in [2.75, 3.05) is 11.9 Å². The molecule has 0 unspecified atom stereocenters. The average Bonchev–Trinajstić information content (AvgIpc) is 3.07. The molecular formula is C26H22N2O6. The van der Waals surface area contributed by atoms with Crippen LogP contribution in [-0.4, -0.2) is 40.2 Å². The van der Waals surface area contributed by atoms with E-state index in [0.717, 1.165) is 10.5 Å². The van der Waals surface area contributed by atoms with Gasteiger partial charge in [-0.15, -0.1) is 0 Å². The van der Waals surface area contributed by atoms with Gasteiger partial charge in [0, 0.05) is 18.7 Å². The predicted molar refractivity (Wildman–Crippen MR) is 124 cm³/mol. The van der Waals surface area contributed by atoms with E-state index in [1.54, 1.807) is 30.3 Å². The third-order valence-corrected chi connectivity index (χ3v) is 5.35. The first-order chi connectivity index (χ1) is 16.4. The number of carboxylic acids is 1. The van der Waals surface area contributed by atoms with Gasteiger partial charge in [0.15, 0.2) is 0 Å². The second kappa shape index (κ2) is 9.99. The average molecular weight is 458 g/mol. The highest BCUT2D eigenvalue weighted by atomic mass is 16.5. The summed E-state index contributed by atoms with van der Waals surface area (Å²) in [5, 5.41) is 11.7. The molecule has 0 atom stereocenters. The summed E-state index contributed by atoms with van der Waals surface area (Å²) in [4.78, 5) is 48.8. The number of carboxylic acid groups (broad SMARTS) is 1. The fraction of sp³-hybridized carbons (Fsp3) is 0.154. The van der Waals surface area contributed by atoms with Crippen LogP contribution in [-0.2, 0) is 16.0 Å². The van der Waals surface area contributed by atoms with Crippen molar-refractivity contribution in [2.24, 2.45) is 0 Å². The standard InChI is InChI=1S/C26H22N2O6/c29-23(13-6-17-4-2-1-3-5-17)27-18-7-9-19(10-8-18)34-20-11-12-21-22(16-20)26(33)28(25(21)32)15-14-24(30)31/h1-5,7-12,16H,6,13-15H2,(H,27,29)(H,30,31). The normalized spacial score (nSPS) is 12.4. The zero-order valence-electron chi connectivity index (χ0n) is 18.2. The molecule has 0 spiro atoms. The first-order valence-corrected chi connectivity index (χ1v) is 10.7. The van der Waals surface area contributed by atoms with Crippen LogP contribution in [0, 0.1) is 0 Å². The second-order valence-electron chi connectivity index (χ2n) is 7.77. The van der Waals surface area contributed by atoms with Gasteiger partial charge in [-0.25, -0.2) is 0 Å². The summed E-state index contributed by atoms with van der Waals surface area (Å²) in [6.07, 6.45) is 0.707. The van der Waals surface area contributed by atoms with Crippen molar-refractivity contribution in [1.82, 2.24) is 4.90 Å². The number of anilines is 1. The molecule has 0 aliphatic carbocycles. The molecule has 1 heterocycles. The van der Waals surface area contributed by atoms with Crippen LogP contribution < -0.4 is 10.1 Å².